The van der Waals surface area contributed by atoms with Crippen molar-refractivity contribution in [2.24, 2.45) is 0 Å². The Morgan fingerprint density at radius 2 is 2.03 bits per heavy atom. The summed E-state index contributed by atoms with van der Waals surface area (Å²) < 4.78 is 11.1. The zero-order valence-electron chi connectivity index (χ0n) is 16.5. The average Bonchev–Trinajstić information content (AvgIpc) is 3.45. The third-order valence-electron chi connectivity index (χ3n) is 4.96. The normalized spacial score (nSPS) is 14.4. The number of oxazole rings is 1. The summed E-state index contributed by atoms with van der Waals surface area (Å²) in [5.41, 5.74) is 0.739. The first-order valence-corrected chi connectivity index (χ1v) is 10.5. The fraction of sp³-hybridized carbons (Fsp3) is 0.286. The molecule has 1 aromatic carbocycles. The zero-order chi connectivity index (χ0) is 21.8. The van der Waals surface area contributed by atoms with Gasteiger partial charge in [0.05, 0.1) is 17.0 Å². The Bertz CT molecular complexity index is 1100. The Labute approximate surface area is 188 Å². The quantitative estimate of drug-likeness (QED) is 0.587. The summed E-state index contributed by atoms with van der Waals surface area (Å²) in [6.07, 6.45) is 1.86. The van der Waals surface area contributed by atoms with Crippen LogP contribution in [0.1, 0.15) is 12.1 Å². The van der Waals surface area contributed by atoms with E-state index in [1.807, 2.05) is 4.90 Å². The van der Waals surface area contributed by atoms with E-state index in [9.17, 15) is 10.1 Å². The Morgan fingerprint density at radius 1 is 1.23 bits per heavy atom. The largest absolute Gasteiger partial charge is 0.459 e. The van der Waals surface area contributed by atoms with Crippen LogP contribution in [0.3, 0.4) is 0 Å². The highest BCUT2D eigenvalue weighted by molar-refractivity contribution is 6.35. The lowest BCUT2D eigenvalue weighted by Crippen LogP contribution is -2.47. The van der Waals surface area contributed by atoms with Gasteiger partial charge in [-0.05, 0) is 30.3 Å². The van der Waals surface area contributed by atoms with Crippen molar-refractivity contribution in [1.29, 1.82) is 5.26 Å². The maximum Gasteiger partial charge on any atom is 0.266 e. The minimum atomic E-state index is -0.128. The number of hydrogen-bond acceptors (Lipinski definition) is 7. The van der Waals surface area contributed by atoms with Gasteiger partial charge in [0, 0.05) is 44.2 Å². The number of nitriles is 1. The molecule has 3 aromatic rings. The summed E-state index contributed by atoms with van der Waals surface area (Å²) in [6, 6.07) is 10.5. The number of nitrogens with zero attached hydrogens (tertiary/aromatic N) is 4. The second-order valence-electron chi connectivity index (χ2n) is 7.01. The minimum absolute atomic E-state index is 0.128. The number of carbonyl (C=O) groups excluding carboxylic acids is 1. The molecule has 1 amide bonds. The van der Waals surface area contributed by atoms with E-state index in [1.54, 1.807) is 30.3 Å². The molecule has 0 unspecified atom stereocenters. The van der Waals surface area contributed by atoms with Crippen molar-refractivity contribution in [2.75, 3.05) is 42.9 Å². The van der Waals surface area contributed by atoms with E-state index in [0.29, 0.717) is 53.4 Å². The van der Waals surface area contributed by atoms with Crippen LogP contribution in [0.2, 0.25) is 10.0 Å². The Kier molecular flexibility index (Phi) is 6.47. The predicted molar refractivity (Wildman–Crippen MR) is 117 cm³/mol. The molecule has 1 N–H and O–H groups in total. The number of nitrogens with one attached hydrogen (secondary N) is 1. The maximum absolute atomic E-state index is 12.3. The molecule has 0 aliphatic carbocycles. The molecular formula is C21H19Cl2N5O3. The number of piperazine rings is 1. The standard InChI is InChI=1S/C21H19Cl2N5O3/c22-14-3-4-15(23)16(12-14)25-19(29)5-6-27-7-9-28(10-8-27)21-17(13-24)26-20(31-21)18-2-1-11-30-18/h1-4,11-12H,5-10H2,(H,25,29). The molecule has 0 saturated carbocycles. The number of anilines is 2. The lowest BCUT2D eigenvalue weighted by atomic mass is 10.2. The van der Waals surface area contributed by atoms with Crippen molar-refractivity contribution >= 4 is 40.7 Å². The van der Waals surface area contributed by atoms with Gasteiger partial charge in [0.15, 0.2) is 5.76 Å². The maximum atomic E-state index is 12.3. The van der Waals surface area contributed by atoms with Gasteiger partial charge in [-0.3, -0.25) is 9.69 Å². The molecule has 0 atom stereocenters. The van der Waals surface area contributed by atoms with Crippen LogP contribution in [-0.4, -0.2) is 48.5 Å². The SMILES string of the molecule is N#Cc1nc(-c2ccco2)oc1N1CCN(CCC(=O)Nc2cc(Cl)ccc2Cl)CC1. The summed E-state index contributed by atoms with van der Waals surface area (Å²) in [5.74, 6) is 1.08. The van der Waals surface area contributed by atoms with Crippen LogP contribution in [0.5, 0.6) is 0 Å². The van der Waals surface area contributed by atoms with Crippen LogP contribution >= 0.6 is 23.2 Å². The predicted octanol–water partition coefficient (Wildman–Crippen LogP) is 4.26. The molecule has 10 heteroatoms. The molecule has 1 fully saturated rings. The summed E-state index contributed by atoms with van der Waals surface area (Å²) in [6.45, 7) is 3.38. The first-order valence-electron chi connectivity index (χ1n) is 9.70. The van der Waals surface area contributed by atoms with Gasteiger partial charge < -0.3 is 19.1 Å². The monoisotopic (exact) mass is 459 g/mol. The highest BCUT2D eigenvalue weighted by Crippen LogP contribution is 2.29. The third kappa shape index (κ3) is 5.02. The molecule has 2 aromatic heterocycles. The highest BCUT2D eigenvalue weighted by Gasteiger charge is 2.25. The molecule has 31 heavy (non-hydrogen) atoms. The van der Waals surface area contributed by atoms with Gasteiger partial charge in [-0.25, -0.2) is 0 Å². The summed E-state index contributed by atoms with van der Waals surface area (Å²) in [7, 11) is 0. The number of amides is 1. The Hall–Kier alpha value is -2.99. The molecular weight excluding hydrogens is 441 g/mol. The smallest absolute Gasteiger partial charge is 0.266 e. The van der Waals surface area contributed by atoms with Gasteiger partial charge in [0.25, 0.3) is 5.89 Å². The Morgan fingerprint density at radius 3 is 2.74 bits per heavy atom. The topological polar surface area (TPSA) is 98.5 Å². The molecule has 1 saturated heterocycles. The number of carbonyl (C=O) groups is 1. The number of halogens is 2. The van der Waals surface area contributed by atoms with E-state index in [2.05, 4.69) is 21.3 Å². The van der Waals surface area contributed by atoms with E-state index < -0.39 is 0 Å². The number of rotatable bonds is 6. The minimum Gasteiger partial charge on any atom is -0.459 e. The van der Waals surface area contributed by atoms with Crippen LogP contribution in [0.25, 0.3) is 11.7 Å². The van der Waals surface area contributed by atoms with Gasteiger partial charge in [0.2, 0.25) is 17.5 Å². The van der Waals surface area contributed by atoms with Crippen LogP contribution in [0.15, 0.2) is 45.4 Å². The van der Waals surface area contributed by atoms with E-state index >= 15 is 0 Å². The van der Waals surface area contributed by atoms with Crippen molar-refractivity contribution in [1.82, 2.24) is 9.88 Å². The van der Waals surface area contributed by atoms with Crippen molar-refractivity contribution in [3.05, 3.63) is 52.3 Å². The second-order valence-corrected chi connectivity index (χ2v) is 7.86. The molecule has 4 rings (SSSR count). The van der Waals surface area contributed by atoms with Gasteiger partial charge in [0.1, 0.15) is 6.07 Å². The molecule has 0 spiro atoms. The molecule has 0 bridgehead atoms. The van der Waals surface area contributed by atoms with E-state index in [0.717, 1.165) is 13.1 Å². The second kappa shape index (κ2) is 9.43. The summed E-state index contributed by atoms with van der Waals surface area (Å²) in [5, 5.41) is 13.2. The first-order chi connectivity index (χ1) is 15.0. The fourth-order valence-electron chi connectivity index (χ4n) is 3.35. The Balaban J connectivity index is 1.30. The van der Waals surface area contributed by atoms with E-state index in [-0.39, 0.29) is 17.5 Å². The average molecular weight is 460 g/mol. The molecule has 1 aliphatic rings. The number of aromatic nitrogens is 1. The summed E-state index contributed by atoms with van der Waals surface area (Å²) in [4.78, 5) is 20.7. The molecule has 3 heterocycles. The number of benzene rings is 1. The van der Waals surface area contributed by atoms with Gasteiger partial charge in [-0.2, -0.15) is 10.2 Å². The van der Waals surface area contributed by atoms with Crippen LogP contribution in [-0.2, 0) is 4.79 Å². The zero-order valence-corrected chi connectivity index (χ0v) is 18.0. The van der Waals surface area contributed by atoms with Gasteiger partial charge >= 0.3 is 0 Å². The lowest BCUT2D eigenvalue weighted by molar-refractivity contribution is -0.116. The van der Waals surface area contributed by atoms with Crippen molar-refractivity contribution < 1.29 is 13.6 Å². The molecule has 0 radical (unpaired) electrons. The van der Waals surface area contributed by atoms with Crippen LogP contribution < -0.4 is 10.2 Å². The fourth-order valence-corrected chi connectivity index (χ4v) is 3.68. The van der Waals surface area contributed by atoms with Crippen LogP contribution in [0, 0.1) is 11.3 Å². The van der Waals surface area contributed by atoms with Crippen molar-refractivity contribution in [3.8, 4) is 17.7 Å². The van der Waals surface area contributed by atoms with Crippen LogP contribution in [0.4, 0.5) is 11.6 Å². The number of furan rings is 1. The van der Waals surface area contributed by atoms with Gasteiger partial charge in [-0.15, -0.1) is 0 Å². The highest BCUT2D eigenvalue weighted by atomic mass is 35.5. The first kappa shape index (κ1) is 21.2. The van der Waals surface area contributed by atoms with E-state index in [1.165, 1.54) is 6.26 Å². The third-order valence-corrected chi connectivity index (χ3v) is 5.53. The van der Waals surface area contributed by atoms with Gasteiger partial charge in [-0.1, -0.05) is 23.2 Å². The molecule has 1 aliphatic heterocycles. The van der Waals surface area contributed by atoms with Crippen molar-refractivity contribution in [3.63, 3.8) is 0 Å². The molecule has 8 nitrogen and oxygen atoms in total. The lowest BCUT2D eigenvalue weighted by Gasteiger charge is -2.34. The summed E-state index contributed by atoms with van der Waals surface area (Å²) >= 11 is 12.0. The molecule has 160 valence electrons. The van der Waals surface area contributed by atoms with E-state index in [4.69, 9.17) is 32.0 Å². The van der Waals surface area contributed by atoms with Crippen molar-refractivity contribution in [2.45, 2.75) is 6.42 Å². The number of hydrogen-bond donors (Lipinski definition) is 1.